The van der Waals surface area contributed by atoms with Crippen LogP contribution in [-0.2, 0) is 16.1 Å². The van der Waals surface area contributed by atoms with E-state index in [0.29, 0.717) is 11.3 Å². The molecule has 0 aliphatic heterocycles. The second kappa shape index (κ2) is 10.0. The summed E-state index contributed by atoms with van der Waals surface area (Å²) in [4.78, 5) is 25.2. The molecule has 0 aliphatic carbocycles. The molecule has 0 saturated heterocycles. The van der Waals surface area contributed by atoms with Gasteiger partial charge >= 0.3 is 0 Å². The van der Waals surface area contributed by atoms with Crippen molar-refractivity contribution in [3.05, 3.63) is 72.3 Å². The van der Waals surface area contributed by atoms with Crippen LogP contribution in [0.1, 0.15) is 39.2 Å². The lowest BCUT2D eigenvalue weighted by molar-refractivity contribution is -0.121. The maximum Gasteiger partial charge on any atom is 0.224 e. The van der Waals surface area contributed by atoms with Crippen LogP contribution in [0.3, 0.4) is 0 Å². The number of anilines is 2. The molecule has 0 spiro atoms. The van der Waals surface area contributed by atoms with E-state index in [1.54, 1.807) is 24.3 Å². The van der Waals surface area contributed by atoms with Crippen LogP contribution in [-0.4, -0.2) is 22.8 Å². The molecule has 0 aliphatic rings. The Morgan fingerprint density at radius 2 is 1.60 bits per heavy atom. The predicted molar refractivity (Wildman–Crippen MR) is 141 cm³/mol. The first-order valence-corrected chi connectivity index (χ1v) is 11.9. The van der Waals surface area contributed by atoms with Gasteiger partial charge in [0.2, 0.25) is 5.91 Å². The lowest BCUT2D eigenvalue weighted by Gasteiger charge is -2.23. The van der Waals surface area contributed by atoms with E-state index in [9.17, 15) is 9.59 Å². The van der Waals surface area contributed by atoms with Gasteiger partial charge in [-0.15, -0.1) is 0 Å². The first-order valence-electron chi connectivity index (χ1n) is 11.9. The van der Waals surface area contributed by atoms with E-state index in [1.165, 1.54) is 21.8 Å². The zero-order chi connectivity index (χ0) is 25.0. The highest BCUT2D eigenvalue weighted by atomic mass is 16.1. The fraction of sp³-hybridized carbons (Fsp3) is 0.276. The Kier molecular flexibility index (Phi) is 6.88. The second-order valence-corrected chi connectivity index (χ2v) is 9.64. The Bertz CT molecular complexity index is 1430. The Morgan fingerprint density at radius 3 is 2.31 bits per heavy atom. The number of benzene rings is 3. The molecule has 4 aromatic rings. The lowest BCUT2D eigenvalue weighted by Crippen LogP contribution is -2.27. The topological polar surface area (TPSA) is 86.9 Å². The quantitative estimate of drug-likeness (QED) is 0.311. The summed E-state index contributed by atoms with van der Waals surface area (Å²) < 4.78 is 2.30. The minimum absolute atomic E-state index is 0.0530. The summed E-state index contributed by atoms with van der Waals surface area (Å²) in [6.07, 6.45) is 0.513. The van der Waals surface area contributed by atoms with Gasteiger partial charge in [0, 0.05) is 52.6 Å². The highest BCUT2D eigenvalue weighted by Gasteiger charge is 2.25. The Hall–Kier alpha value is -4.11. The Balaban J connectivity index is 1.36. The lowest BCUT2D eigenvalue weighted by atomic mass is 9.83. The molecule has 6 heteroatoms. The Morgan fingerprint density at radius 1 is 0.914 bits per heavy atom. The summed E-state index contributed by atoms with van der Waals surface area (Å²) in [5.41, 5.74) is 3.99. The van der Waals surface area contributed by atoms with E-state index in [-0.39, 0.29) is 31.1 Å². The van der Waals surface area contributed by atoms with Crippen LogP contribution in [0.4, 0.5) is 11.4 Å². The van der Waals surface area contributed by atoms with Gasteiger partial charge in [-0.25, -0.2) is 0 Å². The van der Waals surface area contributed by atoms with Crippen molar-refractivity contribution in [2.75, 3.05) is 17.2 Å². The number of carbonyl (C=O) groups excluding carboxylic acids is 2. The smallest absolute Gasteiger partial charge is 0.224 e. The number of para-hydroxylation sites is 1. The van der Waals surface area contributed by atoms with Gasteiger partial charge in [-0.2, -0.15) is 5.26 Å². The van der Waals surface area contributed by atoms with Crippen molar-refractivity contribution in [1.82, 2.24) is 4.57 Å². The molecule has 4 rings (SSSR count). The number of fused-ring (bicyclic) bond motifs is 3. The molecule has 1 heterocycles. The SMILES string of the molecule is CCn1c2ccccc2c2cc(NCC(=O)CC(C)(C)CC(=O)Nc3ccc(C#N)cc3)ccc21. The summed E-state index contributed by atoms with van der Waals surface area (Å²) in [5.74, 6) is -0.101. The number of carbonyl (C=O) groups is 2. The predicted octanol–water partition coefficient (Wildman–Crippen LogP) is 6.11. The highest BCUT2D eigenvalue weighted by Crippen LogP contribution is 2.31. The third-order valence-electron chi connectivity index (χ3n) is 6.19. The number of aryl methyl sites for hydroxylation is 1. The largest absolute Gasteiger partial charge is 0.378 e. The molecule has 35 heavy (non-hydrogen) atoms. The van der Waals surface area contributed by atoms with Gasteiger partial charge in [-0.05, 0) is 60.9 Å². The van der Waals surface area contributed by atoms with Gasteiger partial charge in [0.15, 0.2) is 5.78 Å². The fourth-order valence-electron chi connectivity index (χ4n) is 4.63. The highest BCUT2D eigenvalue weighted by molar-refractivity contribution is 6.09. The summed E-state index contributed by atoms with van der Waals surface area (Å²) in [6.45, 7) is 7.09. The van der Waals surface area contributed by atoms with Crippen molar-refractivity contribution >= 4 is 44.9 Å². The number of Topliss-reactive ketones (excluding diaryl/α,β-unsaturated/α-hetero) is 1. The zero-order valence-electron chi connectivity index (χ0n) is 20.4. The number of nitriles is 1. The summed E-state index contributed by atoms with van der Waals surface area (Å²) >= 11 is 0. The third-order valence-corrected chi connectivity index (χ3v) is 6.19. The number of aromatic nitrogens is 1. The number of hydrogen-bond acceptors (Lipinski definition) is 4. The van der Waals surface area contributed by atoms with Crippen LogP contribution in [0.15, 0.2) is 66.7 Å². The van der Waals surface area contributed by atoms with Crippen LogP contribution >= 0.6 is 0 Å². The number of ketones is 1. The second-order valence-electron chi connectivity index (χ2n) is 9.64. The van der Waals surface area contributed by atoms with Crippen molar-refractivity contribution < 1.29 is 9.59 Å². The molecule has 6 nitrogen and oxygen atoms in total. The van der Waals surface area contributed by atoms with Crippen LogP contribution in [0, 0.1) is 16.7 Å². The van der Waals surface area contributed by atoms with E-state index in [4.69, 9.17) is 5.26 Å². The van der Waals surface area contributed by atoms with Gasteiger partial charge in [0.05, 0.1) is 18.2 Å². The van der Waals surface area contributed by atoms with E-state index in [1.807, 2.05) is 26.0 Å². The van der Waals surface area contributed by atoms with E-state index in [0.717, 1.165) is 12.2 Å². The van der Waals surface area contributed by atoms with Gasteiger partial charge in [-0.3, -0.25) is 9.59 Å². The van der Waals surface area contributed by atoms with Gasteiger partial charge < -0.3 is 15.2 Å². The van der Waals surface area contributed by atoms with Gasteiger partial charge in [0.25, 0.3) is 0 Å². The first kappa shape index (κ1) is 24.0. The summed E-state index contributed by atoms with van der Waals surface area (Å²) in [6, 6.07) is 23.4. The van der Waals surface area contributed by atoms with Gasteiger partial charge in [-0.1, -0.05) is 32.0 Å². The monoisotopic (exact) mass is 466 g/mol. The molecule has 178 valence electrons. The third kappa shape index (κ3) is 5.52. The molecule has 0 unspecified atom stereocenters. The fourth-order valence-corrected chi connectivity index (χ4v) is 4.63. The molecule has 1 aromatic heterocycles. The molecule has 0 radical (unpaired) electrons. The molecule has 0 atom stereocenters. The Labute approximate surface area is 205 Å². The maximum absolute atomic E-state index is 12.7. The van der Waals surface area contributed by atoms with Crippen LogP contribution in [0.25, 0.3) is 21.8 Å². The number of nitrogens with zero attached hydrogens (tertiary/aromatic N) is 2. The molecular formula is C29H30N4O2. The van der Waals surface area contributed by atoms with Crippen molar-refractivity contribution in [3.8, 4) is 6.07 Å². The minimum atomic E-state index is -0.478. The number of rotatable bonds is 9. The van der Waals surface area contributed by atoms with Crippen molar-refractivity contribution in [1.29, 1.82) is 5.26 Å². The number of nitrogens with one attached hydrogen (secondary N) is 2. The summed E-state index contributed by atoms with van der Waals surface area (Å²) in [7, 11) is 0. The number of hydrogen-bond donors (Lipinski definition) is 2. The van der Waals surface area contributed by atoms with Crippen molar-refractivity contribution in [2.45, 2.75) is 40.2 Å². The van der Waals surface area contributed by atoms with Crippen molar-refractivity contribution in [2.24, 2.45) is 5.41 Å². The van der Waals surface area contributed by atoms with Crippen LogP contribution in [0.2, 0.25) is 0 Å². The van der Waals surface area contributed by atoms with E-state index in [2.05, 4.69) is 58.5 Å². The molecule has 3 aromatic carbocycles. The average molecular weight is 467 g/mol. The van der Waals surface area contributed by atoms with E-state index >= 15 is 0 Å². The molecular weight excluding hydrogens is 436 g/mol. The van der Waals surface area contributed by atoms with E-state index < -0.39 is 5.41 Å². The molecule has 0 saturated carbocycles. The molecule has 2 N–H and O–H groups in total. The van der Waals surface area contributed by atoms with Crippen LogP contribution in [0.5, 0.6) is 0 Å². The van der Waals surface area contributed by atoms with Crippen molar-refractivity contribution in [3.63, 3.8) is 0 Å². The maximum atomic E-state index is 12.7. The average Bonchev–Trinajstić information content (AvgIpc) is 3.15. The molecule has 1 amide bonds. The van der Waals surface area contributed by atoms with Gasteiger partial charge in [0.1, 0.15) is 0 Å². The summed E-state index contributed by atoms with van der Waals surface area (Å²) in [5, 5.41) is 17.4. The number of amides is 1. The standard InChI is InChI=1S/C29H30N4O2/c1-4-33-26-8-6-5-7-24(26)25-15-22(13-14-27(25)33)31-19-23(34)16-29(2,3)17-28(35)32-21-11-9-20(18-30)10-12-21/h5-15,31H,4,16-17,19H2,1-3H3,(H,32,35). The molecule has 0 fully saturated rings. The first-order chi connectivity index (χ1) is 16.8. The minimum Gasteiger partial charge on any atom is -0.378 e. The normalized spacial score (nSPS) is 11.4. The molecule has 0 bridgehead atoms. The van der Waals surface area contributed by atoms with Crippen LogP contribution < -0.4 is 10.6 Å². The zero-order valence-corrected chi connectivity index (χ0v) is 20.4.